The van der Waals surface area contributed by atoms with Gasteiger partial charge in [-0.15, -0.1) is 0 Å². The van der Waals surface area contributed by atoms with Crippen molar-refractivity contribution in [1.29, 1.82) is 0 Å². The van der Waals surface area contributed by atoms with E-state index in [2.05, 4.69) is 126 Å². The molecule has 46 heavy (non-hydrogen) atoms. The molecule has 0 spiro atoms. The zero-order chi connectivity index (χ0) is 30.5. The highest BCUT2D eigenvalue weighted by Gasteiger charge is 2.16. The van der Waals surface area contributed by atoms with Gasteiger partial charge in [0.15, 0.2) is 0 Å². The molecule has 4 heterocycles. The van der Waals surface area contributed by atoms with Crippen LogP contribution in [0.15, 0.2) is 158 Å². The first-order valence-electron chi connectivity index (χ1n) is 15.4. The summed E-state index contributed by atoms with van der Waals surface area (Å²) in [6.07, 6.45) is 3.70. The van der Waals surface area contributed by atoms with Gasteiger partial charge >= 0.3 is 0 Å². The number of benzene rings is 5. The summed E-state index contributed by atoms with van der Waals surface area (Å²) in [5.74, 6) is 0. The average molecular weight is 587 g/mol. The Morgan fingerprint density at radius 3 is 1.72 bits per heavy atom. The molecule has 0 saturated carbocycles. The molecule has 214 valence electrons. The Morgan fingerprint density at radius 1 is 0.391 bits per heavy atom. The maximum atomic E-state index is 5.25. The van der Waals surface area contributed by atoms with Crippen LogP contribution in [-0.2, 0) is 0 Å². The first-order chi connectivity index (χ1) is 22.8. The first-order valence-corrected chi connectivity index (χ1v) is 15.4. The standard InChI is InChI=1S/C42H26N4/c1-3-8-28(9-4-1)36-19-16-30-14-15-31-17-20-37(45-42(31)41(30)44-36)32-18-21-38-35(26-32)39-33(27-22-24-43-25-23-27)12-7-13-34(39)40(46-38)29-10-5-2-6-11-29/h1-26H. The molecule has 9 aromatic rings. The molecule has 9 rings (SSSR count). The largest absolute Gasteiger partial charge is 0.265 e. The molecule has 0 bridgehead atoms. The van der Waals surface area contributed by atoms with Crippen molar-refractivity contribution in [3.63, 3.8) is 0 Å². The second kappa shape index (κ2) is 10.7. The van der Waals surface area contributed by atoms with E-state index < -0.39 is 0 Å². The van der Waals surface area contributed by atoms with Crippen LogP contribution in [0.1, 0.15) is 0 Å². The lowest BCUT2D eigenvalue weighted by Crippen LogP contribution is -1.94. The van der Waals surface area contributed by atoms with E-state index in [9.17, 15) is 0 Å². The topological polar surface area (TPSA) is 51.6 Å². The van der Waals surface area contributed by atoms with Crippen LogP contribution in [0.4, 0.5) is 0 Å². The van der Waals surface area contributed by atoms with Crippen molar-refractivity contribution in [3.8, 4) is 44.9 Å². The molecule has 0 unspecified atom stereocenters. The van der Waals surface area contributed by atoms with Crippen molar-refractivity contribution in [3.05, 3.63) is 158 Å². The van der Waals surface area contributed by atoms with E-state index >= 15 is 0 Å². The Labute approximate surface area is 265 Å². The minimum absolute atomic E-state index is 0.896. The summed E-state index contributed by atoms with van der Waals surface area (Å²) in [6.45, 7) is 0. The highest BCUT2D eigenvalue weighted by atomic mass is 14.8. The number of fused-ring (bicyclic) bond motifs is 6. The van der Waals surface area contributed by atoms with Gasteiger partial charge in [0.2, 0.25) is 0 Å². The molecule has 0 saturated heterocycles. The van der Waals surface area contributed by atoms with Crippen molar-refractivity contribution < 1.29 is 0 Å². The van der Waals surface area contributed by atoms with E-state index in [0.717, 1.165) is 83.0 Å². The molecule has 4 aromatic heterocycles. The zero-order valence-electron chi connectivity index (χ0n) is 24.8. The third-order valence-electron chi connectivity index (χ3n) is 8.74. The van der Waals surface area contributed by atoms with E-state index in [1.54, 1.807) is 0 Å². The van der Waals surface area contributed by atoms with Gasteiger partial charge in [-0.3, -0.25) is 4.98 Å². The van der Waals surface area contributed by atoms with Gasteiger partial charge in [-0.1, -0.05) is 109 Å². The Morgan fingerprint density at radius 2 is 1.02 bits per heavy atom. The van der Waals surface area contributed by atoms with E-state index in [4.69, 9.17) is 15.0 Å². The average Bonchev–Trinajstić information content (AvgIpc) is 3.14. The second-order valence-electron chi connectivity index (χ2n) is 11.5. The van der Waals surface area contributed by atoms with Gasteiger partial charge in [-0.25, -0.2) is 15.0 Å². The molecule has 4 heteroatoms. The summed E-state index contributed by atoms with van der Waals surface area (Å²) in [4.78, 5) is 19.9. The lowest BCUT2D eigenvalue weighted by molar-refractivity contribution is 1.33. The van der Waals surface area contributed by atoms with Crippen molar-refractivity contribution in [2.45, 2.75) is 0 Å². The number of rotatable bonds is 4. The SMILES string of the molecule is c1ccc(-c2ccc3ccc4ccc(-c5ccc6nc(-c7ccccc7)c7cccc(-c8ccncc8)c7c6c5)nc4c3n2)cc1. The maximum absolute atomic E-state index is 5.25. The Bertz CT molecular complexity index is 2560. The number of pyridine rings is 4. The summed E-state index contributed by atoms with van der Waals surface area (Å²) in [5, 5.41) is 5.50. The fourth-order valence-electron chi connectivity index (χ4n) is 6.50. The van der Waals surface area contributed by atoms with Gasteiger partial charge in [0.1, 0.15) is 0 Å². The molecule has 0 amide bonds. The van der Waals surface area contributed by atoms with Crippen LogP contribution in [-0.4, -0.2) is 19.9 Å². The van der Waals surface area contributed by atoms with Gasteiger partial charge in [0, 0.05) is 56.0 Å². The molecule has 5 aromatic carbocycles. The predicted molar refractivity (Wildman–Crippen MR) is 189 cm³/mol. The quantitative estimate of drug-likeness (QED) is 0.193. The smallest absolute Gasteiger partial charge is 0.0972 e. The van der Waals surface area contributed by atoms with Gasteiger partial charge in [0.05, 0.1) is 33.6 Å². The molecular weight excluding hydrogens is 560 g/mol. The van der Waals surface area contributed by atoms with Gasteiger partial charge in [-0.2, -0.15) is 0 Å². The summed E-state index contributed by atoms with van der Waals surface area (Å²) in [7, 11) is 0. The van der Waals surface area contributed by atoms with E-state index in [1.807, 2.05) is 36.7 Å². The summed E-state index contributed by atoms with van der Waals surface area (Å²) < 4.78 is 0. The molecule has 0 atom stereocenters. The molecule has 0 radical (unpaired) electrons. The number of aromatic nitrogens is 4. The van der Waals surface area contributed by atoms with Crippen LogP contribution in [0.5, 0.6) is 0 Å². The maximum Gasteiger partial charge on any atom is 0.0972 e. The fraction of sp³-hybridized carbons (Fsp3) is 0. The Balaban J connectivity index is 1.28. The van der Waals surface area contributed by atoms with Crippen LogP contribution in [0.3, 0.4) is 0 Å². The van der Waals surface area contributed by atoms with Crippen molar-refractivity contribution in [2.24, 2.45) is 0 Å². The number of hydrogen-bond donors (Lipinski definition) is 0. The fourth-order valence-corrected chi connectivity index (χ4v) is 6.50. The normalized spacial score (nSPS) is 11.5. The lowest BCUT2D eigenvalue weighted by Gasteiger charge is -2.15. The molecule has 4 nitrogen and oxygen atoms in total. The minimum atomic E-state index is 0.896. The van der Waals surface area contributed by atoms with E-state index in [0.29, 0.717) is 0 Å². The van der Waals surface area contributed by atoms with Crippen molar-refractivity contribution >= 4 is 43.5 Å². The zero-order valence-corrected chi connectivity index (χ0v) is 24.8. The van der Waals surface area contributed by atoms with Crippen molar-refractivity contribution in [2.75, 3.05) is 0 Å². The number of hydrogen-bond acceptors (Lipinski definition) is 4. The van der Waals surface area contributed by atoms with Crippen molar-refractivity contribution in [1.82, 2.24) is 19.9 Å². The third kappa shape index (κ3) is 4.39. The molecular formula is C42H26N4. The molecule has 0 fully saturated rings. The molecule has 0 aliphatic heterocycles. The summed E-state index contributed by atoms with van der Waals surface area (Å²) in [6, 6.07) is 50.6. The van der Waals surface area contributed by atoms with Crippen LogP contribution in [0, 0.1) is 0 Å². The van der Waals surface area contributed by atoms with Crippen LogP contribution in [0.25, 0.3) is 88.4 Å². The van der Waals surface area contributed by atoms with Crippen LogP contribution in [0.2, 0.25) is 0 Å². The predicted octanol–water partition coefficient (Wildman–Crippen LogP) is 10.5. The lowest BCUT2D eigenvalue weighted by atomic mass is 9.92. The minimum Gasteiger partial charge on any atom is -0.265 e. The van der Waals surface area contributed by atoms with Gasteiger partial charge < -0.3 is 0 Å². The highest BCUT2D eigenvalue weighted by Crippen LogP contribution is 2.40. The Hall–Kier alpha value is -6.26. The number of nitrogens with zero attached hydrogens (tertiary/aromatic N) is 4. The molecule has 0 aliphatic carbocycles. The van der Waals surface area contributed by atoms with Crippen LogP contribution < -0.4 is 0 Å². The third-order valence-corrected chi connectivity index (χ3v) is 8.74. The van der Waals surface area contributed by atoms with Gasteiger partial charge in [0.25, 0.3) is 0 Å². The van der Waals surface area contributed by atoms with Crippen LogP contribution >= 0.6 is 0 Å². The molecule has 0 aliphatic rings. The summed E-state index contributed by atoms with van der Waals surface area (Å²) >= 11 is 0. The van der Waals surface area contributed by atoms with E-state index in [1.165, 1.54) is 5.39 Å². The monoisotopic (exact) mass is 586 g/mol. The van der Waals surface area contributed by atoms with Gasteiger partial charge in [-0.05, 0) is 47.5 Å². The second-order valence-corrected chi connectivity index (χ2v) is 11.5. The molecule has 0 N–H and O–H groups in total. The highest BCUT2D eigenvalue weighted by molar-refractivity contribution is 6.17. The first kappa shape index (κ1) is 26.2. The van der Waals surface area contributed by atoms with E-state index in [-0.39, 0.29) is 0 Å². The summed E-state index contributed by atoms with van der Waals surface area (Å²) in [5.41, 5.74) is 11.0. The Kier molecular flexibility index (Phi) is 6.10.